The maximum absolute atomic E-state index is 13.0. The smallest absolute Gasteiger partial charge is 0.168 e. The van der Waals surface area contributed by atoms with Crippen LogP contribution in [0.5, 0.6) is 5.75 Å². The van der Waals surface area contributed by atoms with Crippen LogP contribution >= 0.6 is 31.9 Å². The van der Waals surface area contributed by atoms with Crippen molar-refractivity contribution < 1.29 is 9.53 Å². The molecule has 0 radical (unpaired) electrons. The normalized spacial score (nSPS) is 25.9. The fraction of sp³-hybridized carbons (Fsp3) is 0.458. The largest absolute Gasteiger partial charge is 0.489 e. The van der Waals surface area contributed by atoms with Gasteiger partial charge in [0.1, 0.15) is 22.5 Å². The lowest BCUT2D eigenvalue weighted by molar-refractivity contribution is -0.203. The summed E-state index contributed by atoms with van der Waals surface area (Å²) in [5.74, 6) is 1.31. The second-order valence-electron chi connectivity index (χ2n) is 9.58. The SMILES string of the molecule is CC1(C)[C@H](CC2Cc3nc(Br)ccc3C2=O)C(C)(C)[C@H]1Oc1ccc(C#N)c(Br)c1. The number of rotatable bonds is 4. The Kier molecular flexibility index (Phi) is 5.35. The van der Waals surface area contributed by atoms with E-state index in [0.29, 0.717) is 17.9 Å². The van der Waals surface area contributed by atoms with Gasteiger partial charge in [-0.2, -0.15) is 5.26 Å². The lowest BCUT2D eigenvalue weighted by atomic mass is 9.44. The summed E-state index contributed by atoms with van der Waals surface area (Å²) >= 11 is 6.85. The van der Waals surface area contributed by atoms with Crippen LogP contribution in [0.15, 0.2) is 39.4 Å². The van der Waals surface area contributed by atoms with Crippen molar-refractivity contribution >= 4 is 37.6 Å². The lowest BCUT2D eigenvalue weighted by Crippen LogP contribution is -2.66. The quantitative estimate of drug-likeness (QED) is 0.431. The molecule has 1 atom stereocenters. The van der Waals surface area contributed by atoms with Crippen LogP contribution in [0.4, 0.5) is 0 Å². The number of pyridine rings is 1. The molecule has 6 heteroatoms. The van der Waals surface area contributed by atoms with Crippen LogP contribution in [0, 0.1) is 34.0 Å². The van der Waals surface area contributed by atoms with Gasteiger partial charge >= 0.3 is 0 Å². The molecule has 4 rings (SSSR count). The first-order chi connectivity index (χ1) is 14.1. The highest BCUT2D eigenvalue weighted by molar-refractivity contribution is 9.10. The van der Waals surface area contributed by atoms with Gasteiger partial charge in [0.15, 0.2) is 5.78 Å². The number of halogens is 2. The number of nitrogens with zero attached hydrogens (tertiary/aromatic N) is 2. The first kappa shape index (κ1) is 21.5. The number of benzene rings is 1. The third kappa shape index (κ3) is 3.40. The molecule has 0 N–H and O–H groups in total. The summed E-state index contributed by atoms with van der Waals surface area (Å²) in [6, 6.07) is 11.4. The molecule has 2 aromatic rings. The van der Waals surface area contributed by atoms with Crippen LogP contribution in [0.25, 0.3) is 0 Å². The van der Waals surface area contributed by atoms with Gasteiger partial charge in [-0.3, -0.25) is 4.79 Å². The van der Waals surface area contributed by atoms with Gasteiger partial charge in [0.05, 0.1) is 11.3 Å². The minimum Gasteiger partial charge on any atom is -0.489 e. The Labute approximate surface area is 194 Å². The Morgan fingerprint density at radius 3 is 2.50 bits per heavy atom. The van der Waals surface area contributed by atoms with E-state index in [0.717, 1.165) is 32.5 Å². The van der Waals surface area contributed by atoms with Crippen LogP contribution in [0.1, 0.15) is 55.7 Å². The number of carbonyl (C=O) groups excluding carboxylic acids is 1. The van der Waals surface area contributed by atoms with Crippen LogP contribution in [-0.4, -0.2) is 16.9 Å². The summed E-state index contributed by atoms with van der Waals surface area (Å²) in [4.78, 5) is 17.5. The van der Waals surface area contributed by atoms with Crippen molar-refractivity contribution in [1.29, 1.82) is 5.26 Å². The number of ether oxygens (including phenoxy) is 1. The van der Waals surface area contributed by atoms with Crippen molar-refractivity contribution in [2.24, 2.45) is 22.7 Å². The molecule has 4 nitrogen and oxygen atoms in total. The minimum absolute atomic E-state index is 0.0148. The van der Waals surface area contributed by atoms with Gasteiger partial charge in [-0.1, -0.05) is 27.7 Å². The van der Waals surface area contributed by atoms with E-state index in [1.165, 1.54) is 0 Å². The summed E-state index contributed by atoms with van der Waals surface area (Å²) in [6.45, 7) is 8.92. The number of Topliss-reactive ketones (excluding diaryl/α,β-unsaturated/α-hetero) is 1. The third-order valence-corrected chi connectivity index (χ3v) is 8.10. The molecule has 156 valence electrons. The molecular weight excluding hydrogens is 508 g/mol. The zero-order chi connectivity index (χ0) is 21.8. The first-order valence-electron chi connectivity index (χ1n) is 10.1. The number of aromatic nitrogens is 1. The molecule has 0 spiro atoms. The molecule has 1 fully saturated rings. The first-order valence-corrected chi connectivity index (χ1v) is 11.7. The average molecular weight is 532 g/mol. The average Bonchev–Trinajstić information content (AvgIpc) is 2.98. The molecule has 30 heavy (non-hydrogen) atoms. The molecule has 2 aliphatic carbocycles. The topological polar surface area (TPSA) is 63.0 Å². The Morgan fingerprint density at radius 2 is 1.87 bits per heavy atom. The fourth-order valence-electron chi connectivity index (χ4n) is 5.77. The van der Waals surface area contributed by atoms with Gasteiger partial charge in [0.25, 0.3) is 0 Å². The molecule has 1 aromatic heterocycles. The van der Waals surface area contributed by atoms with Crippen molar-refractivity contribution in [3.63, 3.8) is 0 Å². The van der Waals surface area contributed by atoms with Crippen molar-refractivity contribution in [1.82, 2.24) is 4.98 Å². The van der Waals surface area contributed by atoms with Gasteiger partial charge in [0.2, 0.25) is 0 Å². The van der Waals surface area contributed by atoms with Crippen molar-refractivity contribution in [3.05, 3.63) is 56.2 Å². The van der Waals surface area contributed by atoms with E-state index >= 15 is 0 Å². The Hall–Kier alpha value is -1.71. The summed E-state index contributed by atoms with van der Waals surface area (Å²) in [5.41, 5.74) is 2.12. The predicted octanol–water partition coefficient (Wildman–Crippen LogP) is 6.35. The van der Waals surface area contributed by atoms with Gasteiger partial charge in [-0.15, -0.1) is 0 Å². The maximum Gasteiger partial charge on any atom is 0.168 e. The van der Waals surface area contributed by atoms with Gasteiger partial charge < -0.3 is 4.74 Å². The lowest BCUT2D eigenvalue weighted by Gasteiger charge is -2.64. The number of hydrogen-bond donors (Lipinski definition) is 0. The predicted molar refractivity (Wildman–Crippen MR) is 122 cm³/mol. The fourth-order valence-corrected chi connectivity index (χ4v) is 6.56. The standard InChI is InChI=1S/C24H24Br2N2O2/c1-23(2)19(10-14-9-18-16(21(14)29)7-8-20(26)28-18)24(3,4)22(23)30-15-6-5-13(12-27)17(25)11-15/h5-8,11,14,19,22H,9-10H2,1-4H3/t14?,19-,22-. The Morgan fingerprint density at radius 1 is 1.17 bits per heavy atom. The summed E-state index contributed by atoms with van der Waals surface area (Å²) in [7, 11) is 0. The minimum atomic E-state index is -0.0764. The van der Waals surface area contributed by atoms with Crippen molar-refractivity contribution in [2.75, 3.05) is 0 Å². The highest BCUT2D eigenvalue weighted by Gasteiger charge is 2.63. The second kappa shape index (κ2) is 7.46. The molecule has 1 aromatic carbocycles. The van der Waals surface area contributed by atoms with Crippen LogP contribution in [0.3, 0.4) is 0 Å². The summed E-state index contributed by atoms with van der Waals surface area (Å²) in [6.07, 6.45) is 1.56. The van der Waals surface area contributed by atoms with Gasteiger partial charge in [0, 0.05) is 33.2 Å². The van der Waals surface area contributed by atoms with E-state index < -0.39 is 0 Å². The number of nitriles is 1. The molecule has 2 aliphatic rings. The molecule has 1 heterocycles. The molecule has 0 aliphatic heterocycles. The molecule has 1 unspecified atom stereocenters. The van der Waals surface area contributed by atoms with E-state index in [9.17, 15) is 4.79 Å². The highest BCUT2D eigenvalue weighted by Crippen LogP contribution is 2.62. The number of ketones is 1. The molecule has 0 saturated heterocycles. The summed E-state index contributed by atoms with van der Waals surface area (Å²) in [5, 5.41) is 9.13. The van der Waals surface area contributed by atoms with Crippen molar-refractivity contribution in [3.8, 4) is 11.8 Å². The van der Waals surface area contributed by atoms with E-state index in [1.807, 2.05) is 24.3 Å². The molecular formula is C24H24Br2N2O2. The number of carbonyl (C=O) groups is 1. The van der Waals surface area contributed by atoms with Gasteiger partial charge in [-0.25, -0.2) is 4.98 Å². The van der Waals surface area contributed by atoms with E-state index in [-0.39, 0.29) is 28.6 Å². The number of hydrogen-bond acceptors (Lipinski definition) is 4. The van der Waals surface area contributed by atoms with E-state index in [2.05, 4.69) is 70.6 Å². The van der Waals surface area contributed by atoms with Gasteiger partial charge in [-0.05, 0) is 74.5 Å². The zero-order valence-electron chi connectivity index (χ0n) is 17.5. The van der Waals surface area contributed by atoms with Crippen LogP contribution in [0.2, 0.25) is 0 Å². The van der Waals surface area contributed by atoms with E-state index in [1.54, 1.807) is 6.07 Å². The van der Waals surface area contributed by atoms with Crippen molar-refractivity contribution in [2.45, 2.75) is 46.6 Å². The molecule has 0 amide bonds. The molecule has 0 bridgehead atoms. The van der Waals surface area contributed by atoms with Crippen LogP contribution < -0.4 is 4.74 Å². The maximum atomic E-state index is 13.0. The molecule has 1 saturated carbocycles. The number of fused-ring (bicyclic) bond motifs is 1. The Balaban J connectivity index is 1.51. The Bertz CT molecular complexity index is 1060. The summed E-state index contributed by atoms with van der Waals surface area (Å²) < 4.78 is 7.93. The third-order valence-electron chi connectivity index (χ3n) is 7.00. The van der Waals surface area contributed by atoms with E-state index in [4.69, 9.17) is 10.00 Å². The monoisotopic (exact) mass is 530 g/mol. The highest BCUT2D eigenvalue weighted by atomic mass is 79.9. The van der Waals surface area contributed by atoms with Crippen LogP contribution in [-0.2, 0) is 6.42 Å². The zero-order valence-corrected chi connectivity index (χ0v) is 20.7. The second-order valence-corrected chi connectivity index (χ2v) is 11.2.